The number of carbonyl (C=O) groups excluding carboxylic acids is 2. The first-order chi connectivity index (χ1) is 13.2. The quantitative estimate of drug-likeness (QED) is 0.838. The number of hydrogen-bond acceptors (Lipinski definition) is 3. The third kappa shape index (κ3) is 3.82. The molecule has 0 bridgehead atoms. The molecule has 5 heteroatoms. The van der Waals surface area contributed by atoms with Crippen molar-refractivity contribution in [3.8, 4) is 0 Å². The molecule has 2 fully saturated rings. The summed E-state index contributed by atoms with van der Waals surface area (Å²) in [7, 11) is 0. The number of nitrogens with zero attached hydrogens (tertiary/aromatic N) is 3. The maximum Gasteiger partial charge on any atom is 0.245 e. The lowest BCUT2D eigenvalue weighted by atomic mass is 10.1. The second-order valence-corrected chi connectivity index (χ2v) is 7.21. The van der Waals surface area contributed by atoms with Gasteiger partial charge in [-0.1, -0.05) is 48.5 Å². The molecule has 140 valence electrons. The van der Waals surface area contributed by atoms with E-state index >= 15 is 0 Å². The molecule has 4 rings (SSSR count). The first kappa shape index (κ1) is 17.6. The number of anilines is 1. The zero-order chi connectivity index (χ0) is 18.6. The standard InChI is InChI=1S/C22H25N3O2/c26-21-12-11-20(25(21)17-18-7-3-1-4-8-18)22(27)24-15-13-23(14-16-24)19-9-5-2-6-10-19/h1-10,20H,11-17H2. The minimum absolute atomic E-state index is 0.0834. The van der Waals surface area contributed by atoms with Crippen molar-refractivity contribution in [3.63, 3.8) is 0 Å². The van der Waals surface area contributed by atoms with Gasteiger partial charge in [-0.3, -0.25) is 9.59 Å². The van der Waals surface area contributed by atoms with Crippen LogP contribution in [0.15, 0.2) is 60.7 Å². The molecule has 0 aliphatic carbocycles. The van der Waals surface area contributed by atoms with E-state index in [4.69, 9.17) is 0 Å². The summed E-state index contributed by atoms with van der Waals surface area (Å²) in [6.07, 6.45) is 1.09. The highest BCUT2D eigenvalue weighted by Crippen LogP contribution is 2.24. The SMILES string of the molecule is O=C(C1CCC(=O)N1Cc1ccccc1)N1CCN(c2ccccc2)CC1. The Morgan fingerprint density at radius 3 is 2.19 bits per heavy atom. The first-order valence-electron chi connectivity index (χ1n) is 9.64. The molecular formula is C22H25N3O2. The Morgan fingerprint density at radius 2 is 1.52 bits per heavy atom. The van der Waals surface area contributed by atoms with Crippen molar-refractivity contribution in [1.82, 2.24) is 9.80 Å². The molecule has 0 spiro atoms. The Labute approximate surface area is 160 Å². The molecule has 0 radical (unpaired) electrons. The maximum atomic E-state index is 13.1. The highest BCUT2D eigenvalue weighted by atomic mass is 16.2. The van der Waals surface area contributed by atoms with Crippen molar-refractivity contribution < 1.29 is 9.59 Å². The number of hydrogen-bond donors (Lipinski definition) is 0. The first-order valence-corrected chi connectivity index (χ1v) is 9.64. The van der Waals surface area contributed by atoms with Gasteiger partial charge in [0.15, 0.2) is 0 Å². The Bertz CT molecular complexity index is 786. The van der Waals surface area contributed by atoms with E-state index in [9.17, 15) is 9.59 Å². The summed E-state index contributed by atoms with van der Waals surface area (Å²) in [6, 6.07) is 19.9. The predicted octanol–water partition coefficient (Wildman–Crippen LogP) is 2.53. The van der Waals surface area contributed by atoms with E-state index in [1.54, 1.807) is 4.90 Å². The van der Waals surface area contributed by atoms with Crippen molar-refractivity contribution in [2.75, 3.05) is 31.1 Å². The molecule has 2 aliphatic rings. The van der Waals surface area contributed by atoms with Gasteiger partial charge in [0.25, 0.3) is 0 Å². The van der Waals surface area contributed by atoms with Crippen LogP contribution in [0.5, 0.6) is 0 Å². The molecule has 2 heterocycles. The van der Waals surface area contributed by atoms with Crippen LogP contribution in [-0.4, -0.2) is 53.8 Å². The molecule has 5 nitrogen and oxygen atoms in total. The Morgan fingerprint density at radius 1 is 0.889 bits per heavy atom. The third-order valence-corrected chi connectivity index (χ3v) is 5.52. The largest absolute Gasteiger partial charge is 0.368 e. The van der Waals surface area contributed by atoms with Crippen molar-refractivity contribution in [1.29, 1.82) is 0 Å². The molecule has 2 saturated heterocycles. The fourth-order valence-corrected chi connectivity index (χ4v) is 4.00. The molecule has 0 N–H and O–H groups in total. The summed E-state index contributed by atoms with van der Waals surface area (Å²) >= 11 is 0. The van der Waals surface area contributed by atoms with Gasteiger partial charge in [-0.15, -0.1) is 0 Å². The molecule has 27 heavy (non-hydrogen) atoms. The van der Waals surface area contributed by atoms with Crippen LogP contribution in [0.4, 0.5) is 5.69 Å². The zero-order valence-electron chi connectivity index (χ0n) is 15.5. The zero-order valence-corrected chi connectivity index (χ0v) is 15.5. The van der Waals surface area contributed by atoms with Gasteiger partial charge in [-0.25, -0.2) is 0 Å². The van der Waals surface area contributed by atoms with E-state index in [-0.39, 0.29) is 17.9 Å². The molecule has 1 atom stereocenters. The maximum absolute atomic E-state index is 13.1. The summed E-state index contributed by atoms with van der Waals surface area (Å²) in [5.41, 5.74) is 2.27. The Hall–Kier alpha value is -2.82. The van der Waals surface area contributed by atoms with Crippen LogP contribution in [0.1, 0.15) is 18.4 Å². The van der Waals surface area contributed by atoms with Gasteiger partial charge in [0, 0.05) is 44.8 Å². The van der Waals surface area contributed by atoms with E-state index in [0.717, 1.165) is 18.7 Å². The molecule has 1 unspecified atom stereocenters. The molecule has 0 saturated carbocycles. The van der Waals surface area contributed by atoms with Crippen LogP contribution in [0.2, 0.25) is 0 Å². The highest BCUT2D eigenvalue weighted by molar-refractivity contribution is 5.91. The topological polar surface area (TPSA) is 43.9 Å². The lowest BCUT2D eigenvalue weighted by Crippen LogP contribution is -2.54. The van der Waals surface area contributed by atoms with Gasteiger partial charge in [-0.05, 0) is 24.1 Å². The average Bonchev–Trinajstić information content (AvgIpc) is 3.09. The van der Waals surface area contributed by atoms with Crippen LogP contribution in [0.3, 0.4) is 0 Å². The fraction of sp³-hybridized carbons (Fsp3) is 0.364. The van der Waals surface area contributed by atoms with Crippen molar-refractivity contribution >= 4 is 17.5 Å². The lowest BCUT2D eigenvalue weighted by molar-refractivity contribution is -0.142. The summed E-state index contributed by atoms with van der Waals surface area (Å²) in [5, 5.41) is 0. The Kier molecular flexibility index (Phi) is 5.10. The second kappa shape index (κ2) is 7.82. The van der Waals surface area contributed by atoms with Gasteiger partial charge in [0.2, 0.25) is 11.8 Å². The van der Waals surface area contributed by atoms with Crippen LogP contribution in [0, 0.1) is 0 Å². The Balaban J connectivity index is 1.39. The number of para-hydroxylation sites is 1. The third-order valence-electron chi connectivity index (χ3n) is 5.52. The number of piperazine rings is 1. The number of rotatable bonds is 4. The van der Waals surface area contributed by atoms with Crippen molar-refractivity contribution in [2.45, 2.75) is 25.4 Å². The minimum atomic E-state index is -0.319. The number of carbonyl (C=O) groups is 2. The lowest BCUT2D eigenvalue weighted by Gasteiger charge is -2.38. The van der Waals surface area contributed by atoms with E-state index in [1.807, 2.05) is 53.4 Å². The van der Waals surface area contributed by atoms with E-state index in [2.05, 4.69) is 17.0 Å². The molecular weight excluding hydrogens is 338 g/mol. The van der Waals surface area contributed by atoms with Crippen molar-refractivity contribution in [2.24, 2.45) is 0 Å². The summed E-state index contributed by atoms with van der Waals surface area (Å²) < 4.78 is 0. The van der Waals surface area contributed by atoms with E-state index < -0.39 is 0 Å². The average molecular weight is 363 g/mol. The minimum Gasteiger partial charge on any atom is -0.368 e. The predicted molar refractivity (Wildman–Crippen MR) is 105 cm³/mol. The molecule has 2 aromatic carbocycles. The molecule has 0 aromatic heterocycles. The summed E-state index contributed by atoms with van der Waals surface area (Å²) in [5.74, 6) is 0.185. The van der Waals surface area contributed by atoms with Gasteiger partial charge < -0.3 is 14.7 Å². The van der Waals surface area contributed by atoms with Crippen LogP contribution in [0.25, 0.3) is 0 Å². The number of amides is 2. The fourth-order valence-electron chi connectivity index (χ4n) is 4.00. The van der Waals surface area contributed by atoms with Gasteiger partial charge in [0.05, 0.1) is 0 Å². The summed E-state index contributed by atoms with van der Waals surface area (Å²) in [6.45, 7) is 3.58. The van der Waals surface area contributed by atoms with Gasteiger partial charge in [0.1, 0.15) is 6.04 Å². The van der Waals surface area contributed by atoms with Crippen LogP contribution < -0.4 is 4.90 Å². The monoisotopic (exact) mass is 363 g/mol. The number of benzene rings is 2. The second-order valence-electron chi connectivity index (χ2n) is 7.21. The van der Waals surface area contributed by atoms with Gasteiger partial charge in [-0.2, -0.15) is 0 Å². The molecule has 2 amide bonds. The van der Waals surface area contributed by atoms with Gasteiger partial charge >= 0.3 is 0 Å². The normalized spacial score (nSPS) is 20.2. The number of likely N-dealkylation sites (tertiary alicyclic amines) is 1. The summed E-state index contributed by atoms with van der Waals surface area (Å²) in [4.78, 5) is 31.5. The van der Waals surface area contributed by atoms with Crippen molar-refractivity contribution in [3.05, 3.63) is 66.2 Å². The molecule has 2 aromatic rings. The van der Waals surface area contributed by atoms with Crippen LogP contribution in [-0.2, 0) is 16.1 Å². The highest BCUT2D eigenvalue weighted by Gasteiger charge is 2.38. The van der Waals surface area contributed by atoms with E-state index in [0.29, 0.717) is 32.5 Å². The van der Waals surface area contributed by atoms with Crippen LogP contribution >= 0.6 is 0 Å². The smallest absolute Gasteiger partial charge is 0.245 e. The molecule has 2 aliphatic heterocycles. The van der Waals surface area contributed by atoms with E-state index in [1.165, 1.54) is 5.69 Å².